The summed E-state index contributed by atoms with van der Waals surface area (Å²) >= 11 is 0. The van der Waals surface area contributed by atoms with E-state index in [2.05, 4.69) is 18.7 Å². The molecule has 1 saturated heterocycles. The molecule has 4 rings (SSSR count). The van der Waals surface area contributed by atoms with E-state index in [1.54, 1.807) is 23.7 Å². The Morgan fingerprint density at radius 2 is 1.67 bits per heavy atom. The molecule has 0 bridgehead atoms. The van der Waals surface area contributed by atoms with Gasteiger partial charge in [0.1, 0.15) is 17.1 Å². The van der Waals surface area contributed by atoms with E-state index in [-0.39, 0.29) is 11.2 Å². The zero-order valence-electron chi connectivity index (χ0n) is 25.9. The minimum atomic E-state index is -1.20. The van der Waals surface area contributed by atoms with Gasteiger partial charge in [-0.05, 0) is 81.3 Å². The Bertz CT molecular complexity index is 1460. The lowest BCUT2D eigenvalue weighted by Crippen LogP contribution is -2.41. The lowest BCUT2D eigenvalue weighted by Gasteiger charge is -2.41. The van der Waals surface area contributed by atoms with E-state index in [1.165, 1.54) is 12.1 Å². The quantitative estimate of drug-likeness (QED) is 0.292. The minimum Gasteiger partial charge on any atom is -0.493 e. The van der Waals surface area contributed by atoms with Gasteiger partial charge < -0.3 is 24.0 Å². The van der Waals surface area contributed by atoms with Crippen molar-refractivity contribution in [3.05, 3.63) is 76.7 Å². The summed E-state index contributed by atoms with van der Waals surface area (Å²) in [5.74, 6) is -0.631. The van der Waals surface area contributed by atoms with Crippen LogP contribution in [0.2, 0.25) is 0 Å². The molecule has 0 saturated carbocycles. The van der Waals surface area contributed by atoms with Gasteiger partial charge in [-0.15, -0.1) is 0 Å². The number of carbonyl (C=O) groups is 1. The van der Waals surface area contributed by atoms with E-state index in [0.29, 0.717) is 41.1 Å². The molecular weight excluding hydrogens is 533 g/mol. The maximum absolute atomic E-state index is 13.2. The second-order valence-corrected chi connectivity index (χ2v) is 13.0. The zero-order chi connectivity index (χ0) is 30.8. The SMILES string of the molecule is Cc1c(C(OC(C)(C)C)C(=O)O)c(N2CCC(C)(C)CC2)c(-c2ccc(OCCc3ccc(F)cc3)cc2)c(=N)n1C. The maximum atomic E-state index is 13.2. The molecule has 3 aromatic rings. The molecule has 42 heavy (non-hydrogen) atoms. The molecule has 2 heterocycles. The van der Waals surface area contributed by atoms with Crippen molar-refractivity contribution in [1.29, 1.82) is 5.41 Å². The Kier molecular flexibility index (Phi) is 9.16. The number of ether oxygens (including phenoxy) is 2. The minimum absolute atomic E-state index is 0.191. The van der Waals surface area contributed by atoms with Crippen LogP contribution in [0.15, 0.2) is 48.5 Å². The number of piperidine rings is 1. The Morgan fingerprint density at radius 1 is 1.07 bits per heavy atom. The van der Waals surface area contributed by atoms with E-state index in [0.717, 1.165) is 42.7 Å². The van der Waals surface area contributed by atoms with Crippen LogP contribution in [0.4, 0.5) is 10.1 Å². The summed E-state index contributed by atoms with van der Waals surface area (Å²) in [6.45, 7) is 13.9. The summed E-state index contributed by atoms with van der Waals surface area (Å²) in [5.41, 5.74) is 4.33. The van der Waals surface area contributed by atoms with Crippen LogP contribution in [0.5, 0.6) is 5.75 Å². The van der Waals surface area contributed by atoms with Gasteiger partial charge in [-0.3, -0.25) is 5.41 Å². The molecule has 0 radical (unpaired) electrons. The van der Waals surface area contributed by atoms with Crippen molar-refractivity contribution in [1.82, 2.24) is 4.57 Å². The summed E-state index contributed by atoms with van der Waals surface area (Å²) in [5, 5.41) is 19.6. The fraction of sp³-hybridized carbons (Fsp3) is 0.471. The molecule has 1 aromatic heterocycles. The summed E-state index contributed by atoms with van der Waals surface area (Å²) in [4.78, 5) is 15.0. The first-order valence-corrected chi connectivity index (χ1v) is 14.6. The number of benzene rings is 2. The first-order valence-electron chi connectivity index (χ1n) is 14.6. The van der Waals surface area contributed by atoms with Crippen molar-refractivity contribution in [2.45, 2.75) is 72.5 Å². The van der Waals surface area contributed by atoms with Crippen molar-refractivity contribution in [2.75, 3.05) is 24.6 Å². The molecular formula is C34H44FN3O4. The standard InChI is InChI=1S/C34H44FN3O4/c1-22-27(30(32(39)40)42-33(2,3)4)29(38-19-17-34(5,6)18-20-38)28(31(36)37(22)7)24-10-14-26(15-11-24)41-21-16-23-8-12-25(35)13-9-23/h8-15,30,36H,16-21H2,1-7H3,(H,39,40). The number of aliphatic carboxylic acids is 1. The molecule has 0 aliphatic carbocycles. The molecule has 1 aliphatic rings. The number of anilines is 1. The smallest absolute Gasteiger partial charge is 0.337 e. The number of carboxylic acid groups (broad SMARTS) is 1. The number of hydrogen-bond acceptors (Lipinski definition) is 5. The molecule has 1 atom stereocenters. The molecule has 1 unspecified atom stereocenters. The van der Waals surface area contributed by atoms with Crippen molar-refractivity contribution >= 4 is 11.7 Å². The average Bonchev–Trinajstić information content (AvgIpc) is 2.92. The fourth-order valence-corrected chi connectivity index (χ4v) is 5.43. The number of halogens is 1. The van der Waals surface area contributed by atoms with Crippen molar-refractivity contribution in [3.8, 4) is 16.9 Å². The highest BCUT2D eigenvalue weighted by molar-refractivity contribution is 5.86. The van der Waals surface area contributed by atoms with Gasteiger partial charge in [-0.1, -0.05) is 38.1 Å². The monoisotopic (exact) mass is 577 g/mol. The van der Waals surface area contributed by atoms with Crippen molar-refractivity contribution in [3.63, 3.8) is 0 Å². The number of carboxylic acids is 1. The molecule has 226 valence electrons. The second kappa shape index (κ2) is 12.3. The van der Waals surface area contributed by atoms with Gasteiger partial charge >= 0.3 is 5.97 Å². The van der Waals surface area contributed by atoms with E-state index in [4.69, 9.17) is 9.47 Å². The van der Waals surface area contributed by atoms with Gasteiger partial charge in [-0.2, -0.15) is 0 Å². The van der Waals surface area contributed by atoms with E-state index < -0.39 is 17.7 Å². The van der Waals surface area contributed by atoms with Crippen LogP contribution >= 0.6 is 0 Å². The van der Waals surface area contributed by atoms with E-state index >= 15 is 0 Å². The maximum Gasteiger partial charge on any atom is 0.337 e. The molecule has 0 spiro atoms. The van der Waals surface area contributed by atoms with Crippen molar-refractivity contribution < 1.29 is 23.8 Å². The highest BCUT2D eigenvalue weighted by Crippen LogP contribution is 2.42. The lowest BCUT2D eigenvalue weighted by atomic mass is 9.82. The number of aromatic nitrogens is 1. The van der Waals surface area contributed by atoms with Gasteiger partial charge in [-0.25, -0.2) is 9.18 Å². The predicted octanol–water partition coefficient (Wildman–Crippen LogP) is 6.81. The van der Waals surface area contributed by atoms with Crippen LogP contribution in [-0.2, 0) is 23.0 Å². The summed E-state index contributed by atoms with van der Waals surface area (Å²) in [6, 6.07) is 14.0. The van der Waals surface area contributed by atoms with Gasteiger partial charge in [0.2, 0.25) is 0 Å². The van der Waals surface area contributed by atoms with Crippen LogP contribution in [0.1, 0.15) is 70.4 Å². The number of pyridine rings is 1. The molecule has 7 nitrogen and oxygen atoms in total. The molecule has 0 amide bonds. The Morgan fingerprint density at radius 3 is 2.21 bits per heavy atom. The molecule has 1 fully saturated rings. The van der Waals surface area contributed by atoms with Crippen LogP contribution in [0.25, 0.3) is 11.1 Å². The number of nitrogens with one attached hydrogen (secondary N) is 1. The largest absolute Gasteiger partial charge is 0.493 e. The molecule has 8 heteroatoms. The highest BCUT2D eigenvalue weighted by atomic mass is 19.1. The third kappa shape index (κ3) is 7.21. The highest BCUT2D eigenvalue weighted by Gasteiger charge is 2.36. The van der Waals surface area contributed by atoms with E-state index in [1.807, 2.05) is 52.0 Å². The van der Waals surface area contributed by atoms with Crippen LogP contribution in [0.3, 0.4) is 0 Å². The number of nitrogens with zero attached hydrogens (tertiary/aromatic N) is 2. The third-order valence-corrected chi connectivity index (χ3v) is 8.06. The Labute approximate surface area is 248 Å². The topological polar surface area (TPSA) is 87.8 Å². The van der Waals surface area contributed by atoms with Crippen LogP contribution in [-0.4, -0.2) is 40.9 Å². The molecule has 2 N–H and O–H groups in total. The number of hydrogen-bond donors (Lipinski definition) is 2. The first kappa shape index (κ1) is 31.3. The lowest BCUT2D eigenvalue weighted by molar-refractivity contribution is -0.160. The van der Waals surface area contributed by atoms with Gasteiger partial charge in [0, 0.05) is 43.4 Å². The van der Waals surface area contributed by atoms with Gasteiger partial charge in [0.05, 0.1) is 17.9 Å². The molecule has 2 aromatic carbocycles. The fourth-order valence-electron chi connectivity index (χ4n) is 5.43. The third-order valence-electron chi connectivity index (χ3n) is 8.06. The Hall–Kier alpha value is -3.65. The van der Waals surface area contributed by atoms with Gasteiger partial charge in [0.15, 0.2) is 6.10 Å². The van der Waals surface area contributed by atoms with E-state index in [9.17, 15) is 19.7 Å². The van der Waals surface area contributed by atoms with Crippen molar-refractivity contribution in [2.24, 2.45) is 12.5 Å². The normalized spacial score (nSPS) is 15.9. The Balaban J connectivity index is 1.77. The predicted molar refractivity (Wildman–Crippen MR) is 163 cm³/mol. The number of rotatable bonds is 9. The zero-order valence-corrected chi connectivity index (χ0v) is 25.9. The average molecular weight is 578 g/mol. The molecule has 1 aliphatic heterocycles. The summed E-state index contributed by atoms with van der Waals surface area (Å²) in [7, 11) is 1.80. The summed E-state index contributed by atoms with van der Waals surface area (Å²) < 4.78 is 27.1. The second-order valence-electron chi connectivity index (χ2n) is 13.0. The van der Waals surface area contributed by atoms with Crippen LogP contribution < -0.4 is 15.1 Å². The summed E-state index contributed by atoms with van der Waals surface area (Å²) in [6.07, 6.45) is 1.36. The van der Waals surface area contributed by atoms with Gasteiger partial charge in [0.25, 0.3) is 0 Å². The first-order chi connectivity index (χ1) is 19.7. The van der Waals surface area contributed by atoms with Crippen LogP contribution in [0, 0.1) is 23.6 Å².